The van der Waals surface area contributed by atoms with Crippen molar-refractivity contribution >= 4 is 0 Å². The van der Waals surface area contributed by atoms with Gasteiger partial charge in [0.15, 0.2) is 0 Å². The summed E-state index contributed by atoms with van der Waals surface area (Å²) in [6, 6.07) is 0. The van der Waals surface area contributed by atoms with Crippen molar-refractivity contribution in [2.75, 3.05) is 20.0 Å². The van der Waals surface area contributed by atoms with Crippen LogP contribution in [0.3, 0.4) is 0 Å². The van der Waals surface area contributed by atoms with Crippen LogP contribution in [0.25, 0.3) is 0 Å². The molecular formula is C11H22O5. The molecule has 1 unspecified atom stereocenters. The van der Waals surface area contributed by atoms with E-state index < -0.39 is 12.2 Å². The summed E-state index contributed by atoms with van der Waals surface area (Å²) >= 11 is 0. The van der Waals surface area contributed by atoms with E-state index in [1.54, 1.807) is 0 Å². The molecule has 0 spiro atoms. The Kier molecular flexibility index (Phi) is 6.23. The Morgan fingerprint density at radius 2 is 1.94 bits per heavy atom. The molecule has 16 heavy (non-hydrogen) atoms. The summed E-state index contributed by atoms with van der Waals surface area (Å²) in [5, 5.41) is 27.2. The zero-order chi connectivity index (χ0) is 12.0. The van der Waals surface area contributed by atoms with Crippen LogP contribution >= 0.6 is 0 Å². The average Bonchev–Trinajstić information content (AvgIpc) is 2.29. The third-order valence-electron chi connectivity index (χ3n) is 3.01. The van der Waals surface area contributed by atoms with Gasteiger partial charge in [-0.05, 0) is 25.2 Å². The SMILES string of the molecule is C[C@H]1CC[C@H](O)C(OCOC(CO)CO)C1. The van der Waals surface area contributed by atoms with Crippen LogP contribution in [0, 0.1) is 5.92 Å². The van der Waals surface area contributed by atoms with Crippen molar-refractivity contribution in [2.24, 2.45) is 5.92 Å². The fourth-order valence-corrected chi connectivity index (χ4v) is 1.88. The van der Waals surface area contributed by atoms with Crippen LogP contribution in [0.2, 0.25) is 0 Å². The molecule has 0 bridgehead atoms. The number of ether oxygens (including phenoxy) is 2. The van der Waals surface area contributed by atoms with Gasteiger partial charge in [0.2, 0.25) is 0 Å². The highest BCUT2D eigenvalue weighted by Crippen LogP contribution is 2.26. The lowest BCUT2D eigenvalue weighted by atomic mass is 9.87. The minimum absolute atomic E-state index is 0.000231. The summed E-state index contributed by atoms with van der Waals surface area (Å²) in [5.41, 5.74) is 0. The molecule has 0 heterocycles. The summed E-state index contributed by atoms with van der Waals surface area (Å²) in [5.74, 6) is 0.555. The molecule has 96 valence electrons. The third kappa shape index (κ3) is 4.35. The van der Waals surface area contributed by atoms with Crippen molar-refractivity contribution in [1.82, 2.24) is 0 Å². The van der Waals surface area contributed by atoms with Gasteiger partial charge in [0.05, 0.1) is 25.4 Å². The molecule has 5 heteroatoms. The maximum atomic E-state index is 9.69. The molecule has 0 saturated heterocycles. The molecule has 0 aromatic heterocycles. The highest BCUT2D eigenvalue weighted by atomic mass is 16.7. The number of rotatable bonds is 6. The van der Waals surface area contributed by atoms with E-state index in [2.05, 4.69) is 6.92 Å². The molecule has 0 aromatic rings. The van der Waals surface area contributed by atoms with Gasteiger partial charge in [-0.1, -0.05) is 6.92 Å². The normalized spacial score (nSPS) is 30.9. The third-order valence-corrected chi connectivity index (χ3v) is 3.01. The van der Waals surface area contributed by atoms with E-state index in [4.69, 9.17) is 19.7 Å². The lowest BCUT2D eigenvalue weighted by Crippen LogP contribution is -2.36. The summed E-state index contributed by atoms with van der Waals surface area (Å²) in [4.78, 5) is 0. The molecule has 5 nitrogen and oxygen atoms in total. The fourth-order valence-electron chi connectivity index (χ4n) is 1.88. The first-order valence-corrected chi connectivity index (χ1v) is 5.80. The quantitative estimate of drug-likeness (QED) is 0.558. The molecule has 1 rings (SSSR count). The molecule has 0 radical (unpaired) electrons. The lowest BCUT2D eigenvalue weighted by molar-refractivity contribution is -0.168. The molecule has 0 aliphatic heterocycles. The van der Waals surface area contributed by atoms with Crippen molar-refractivity contribution in [3.63, 3.8) is 0 Å². The second-order valence-corrected chi connectivity index (χ2v) is 4.46. The average molecular weight is 234 g/mol. The molecule has 1 saturated carbocycles. The lowest BCUT2D eigenvalue weighted by Gasteiger charge is -2.31. The first-order valence-electron chi connectivity index (χ1n) is 5.80. The van der Waals surface area contributed by atoms with E-state index in [1.807, 2.05) is 0 Å². The van der Waals surface area contributed by atoms with E-state index in [0.717, 1.165) is 19.3 Å². The smallest absolute Gasteiger partial charge is 0.147 e. The zero-order valence-corrected chi connectivity index (χ0v) is 9.71. The van der Waals surface area contributed by atoms with Gasteiger partial charge in [0, 0.05) is 0 Å². The largest absolute Gasteiger partial charge is 0.394 e. The molecular weight excluding hydrogens is 212 g/mol. The Morgan fingerprint density at radius 1 is 1.25 bits per heavy atom. The predicted molar refractivity (Wildman–Crippen MR) is 57.8 cm³/mol. The second kappa shape index (κ2) is 7.19. The van der Waals surface area contributed by atoms with Gasteiger partial charge in [0.25, 0.3) is 0 Å². The van der Waals surface area contributed by atoms with E-state index in [1.165, 1.54) is 0 Å². The predicted octanol–water partition coefficient (Wildman–Crippen LogP) is -0.120. The van der Waals surface area contributed by atoms with E-state index >= 15 is 0 Å². The van der Waals surface area contributed by atoms with Crippen LogP contribution in [0.15, 0.2) is 0 Å². The second-order valence-electron chi connectivity index (χ2n) is 4.46. The van der Waals surface area contributed by atoms with Crippen molar-refractivity contribution < 1.29 is 24.8 Å². The van der Waals surface area contributed by atoms with E-state index in [-0.39, 0.29) is 26.1 Å². The van der Waals surface area contributed by atoms with Crippen LogP contribution in [0.5, 0.6) is 0 Å². The van der Waals surface area contributed by atoms with Gasteiger partial charge in [-0.3, -0.25) is 0 Å². The Morgan fingerprint density at radius 3 is 2.56 bits per heavy atom. The zero-order valence-electron chi connectivity index (χ0n) is 9.71. The van der Waals surface area contributed by atoms with Gasteiger partial charge in [-0.25, -0.2) is 0 Å². The van der Waals surface area contributed by atoms with Gasteiger partial charge in [0.1, 0.15) is 12.9 Å². The van der Waals surface area contributed by atoms with Crippen molar-refractivity contribution in [3.8, 4) is 0 Å². The number of aliphatic hydroxyl groups is 3. The van der Waals surface area contributed by atoms with Crippen molar-refractivity contribution in [2.45, 2.75) is 44.5 Å². The number of hydrogen-bond donors (Lipinski definition) is 3. The van der Waals surface area contributed by atoms with E-state index in [9.17, 15) is 5.11 Å². The van der Waals surface area contributed by atoms with Gasteiger partial charge >= 0.3 is 0 Å². The first-order chi connectivity index (χ1) is 7.67. The Labute approximate surface area is 96.0 Å². The molecule has 3 N–H and O–H groups in total. The van der Waals surface area contributed by atoms with Crippen LogP contribution in [0.1, 0.15) is 26.2 Å². The maximum absolute atomic E-state index is 9.69. The summed E-state index contributed by atoms with van der Waals surface area (Å²) < 4.78 is 10.5. The Bertz CT molecular complexity index is 183. The van der Waals surface area contributed by atoms with Crippen LogP contribution in [-0.2, 0) is 9.47 Å². The molecule has 1 fully saturated rings. The van der Waals surface area contributed by atoms with Crippen LogP contribution < -0.4 is 0 Å². The summed E-state index contributed by atoms with van der Waals surface area (Å²) in [7, 11) is 0. The first kappa shape index (κ1) is 13.9. The fraction of sp³-hybridized carbons (Fsp3) is 1.00. The highest BCUT2D eigenvalue weighted by Gasteiger charge is 2.27. The standard InChI is InChI=1S/C11H22O5/c1-8-2-3-10(14)11(4-8)16-7-15-9(5-12)6-13/h8-14H,2-7H2,1H3/t8-,10-,11?/m0/s1. The number of hydrogen-bond acceptors (Lipinski definition) is 5. The highest BCUT2D eigenvalue weighted by molar-refractivity contribution is 4.78. The Hall–Kier alpha value is -0.200. The number of aliphatic hydroxyl groups excluding tert-OH is 3. The van der Waals surface area contributed by atoms with Crippen LogP contribution in [-0.4, -0.2) is 53.6 Å². The van der Waals surface area contributed by atoms with Crippen LogP contribution in [0.4, 0.5) is 0 Å². The molecule has 0 amide bonds. The van der Waals surface area contributed by atoms with Crippen molar-refractivity contribution in [3.05, 3.63) is 0 Å². The minimum Gasteiger partial charge on any atom is -0.394 e. The molecule has 1 aliphatic rings. The minimum atomic E-state index is -0.599. The van der Waals surface area contributed by atoms with Gasteiger partial charge in [-0.2, -0.15) is 0 Å². The maximum Gasteiger partial charge on any atom is 0.147 e. The van der Waals surface area contributed by atoms with Gasteiger partial charge < -0.3 is 24.8 Å². The topological polar surface area (TPSA) is 79.2 Å². The monoisotopic (exact) mass is 234 g/mol. The van der Waals surface area contributed by atoms with Gasteiger partial charge in [-0.15, -0.1) is 0 Å². The summed E-state index contributed by atoms with van der Waals surface area (Å²) in [6.45, 7) is 1.67. The molecule has 1 aliphatic carbocycles. The Balaban J connectivity index is 2.20. The molecule has 3 atom stereocenters. The van der Waals surface area contributed by atoms with Crippen molar-refractivity contribution in [1.29, 1.82) is 0 Å². The van der Waals surface area contributed by atoms with E-state index in [0.29, 0.717) is 5.92 Å². The molecule has 0 aromatic carbocycles. The summed E-state index contributed by atoms with van der Waals surface area (Å²) in [6.07, 6.45) is 1.39.